The monoisotopic (exact) mass is 587 g/mol. The second kappa shape index (κ2) is 12.4. The van der Waals surface area contributed by atoms with Crippen LogP contribution in [0.3, 0.4) is 0 Å². The molecule has 3 aliphatic rings. The van der Waals surface area contributed by atoms with Gasteiger partial charge in [0.25, 0.3) is 11.8 Å². The number of fused-ring (bicyclic) bond motifs is 1. The highest BCUT2D eigenvalue weighted by molar-refractivity contribution is 6.73. The molecule has 0 radical (unpaired) electrons. The van der Waals surface area contributed by atoms with Crippen LogP contribution in [0.2, 0.25) is 18.1 Å². The second-order valence-corrected chi connectivity index (χ2v) is 14.7. The quantitative estimate of drug-likeness (QED) is 0.112. The van der Waals surface area contributed by atoms with E-state index in [0.717, 1.165) is 29.1 Å². The highest BCUT2D eigenvalue weighted by atomic mass is 28.4. The zero-order valence-corrected chi connectivity index (χ0v) is 25.2. The van der Waals surface area contributed by atoms with Crippen molar-refractivity contribution in [3.8, 4) is 24.2 Å². The van der Waals surface area contributed by atoms with E-state index in [4.69, 9.17) is 25.1 Å². The van der Waals surface area contributed by atoms with Crippen molar-refractivity contribution in [3.05, 3.63) is 70.5 Å². The van der Waals surface area contributed by atoms with Crippen LogP contribution in [-0.4, -0.2) is 69.0 Å². The Bertz CT molecular complexity index is 1450. The molecule has 1 aromatic rings. The number of carbonyl (C=O) groups excluding carboxylic acids is 4. The lowest BCUT2D eigenvalue weighted by atomic mass is 9.74. The molecule has 4 rings (SSSR count). The van der Waals surface area contributed by atoms with Crippen molar-refractivity contribution < 1.29 is 37.8 Å². The molecule has 0 aromatic heterocycles. The summed E-state index contributed by atoms with van der Waals surface area (Å²) < 4.78 is 24.4. The summed E-state index contributed by atoms with van der Waals surface area (Å²) in [7, 11) is -1.34. The van der Waals surface area contributed by atoms with Gasteiger partial charge in [0.15, 0.2) is 20.2 Å². The van der Waals surface area contributed by atoms with E-state index in [1.165, 1.54) is 31.4 Å². The van der Waals surface area contributed by atoms with E-state index >= 15 is 0 Å². The van der Waals surface area contributed by atoms with Gasteiger partial charge in [-0.15, -0.1) is 6.42 Å². The molecular weight excluding hydrogens is 554 g/mol. The first-order valence-corrected chi connectivity index (χ1v) is 16.3. The molecular formula is C32H33NO8Si. The molecule has 1 fully saturated rings. The largest absolute Gasteiger partial charge is 0.466 e. The van der Waals surface area contributed by atoms with Gasteiger partial charge >= 0.3 is 5.97 Å². The summed E-state index contributed by atoms with van der Waals surface area (Å²) in [6, 6.07) is 8.52. The number of hydrogen-bond acceptors (Lipinski definition) is 8. The van der Waals surface area contributed by atoms with Crippen LogP contribution in [0.25, 0.3) is 0 Å². The first-order chi connectivity index (χ1) is 20.2. The van der Waals surface area contributed by atoms with Crippen LogP contribution in [0, 0.1) is 24.2 Å². The van der Waals surface area contributed by atoms with Crippen LogP contribution in [0.5, 0.6) is 0 Å². The van der Waals surface area contributed by atoms with Gasteiger partial charge in [0.05, 0.1) is 43.6 Å². The Kier molecular flexibility index (Phi) is 9.14. The highest BCUT2D eigenvalue weighted by Crippen LogP contribution is 2.52. The van der Waals surface area contributed by atoms with Crippen molar-refractivity contribution >= 4 is 32.4 Å². The first kappa shape index (κ1) is 30.9. The van der Waals surface area contributed by atoms with Crippen molar-refractivity contribution in [2.24, 2.45) is 0 Å². The van der Waals surface area contributed by atoms with Crippen molar-refractivity contribution in [2.75, 3.05) is 20.3 Å². The van der Waals surface area contributed by atoms with Gasteiger partial charge in [0.2, 0.25) is 5.79 Å². The number of imide groups is 1. The molecule has 0 unspecified atom stereocenters. The maximum absolute atomic E-state index is 13.7. The van der Waals surface area contributed by atoms with Gasteiger partial charge in [-0.05, 0) is 42.4 Å². The molecule has 42 heavy (non-hydrogen) atoms. The van der Waals surface area contributed by atoms with Gasteiger partial charge in [0.1, 0.15) is 0 Å². The van der Waals surface area contributed by atoms with E-state index in [9.17, 15) is 19.2 Å². The van der Waals surface area contributed by atoms with Crippen molar-refractivity contribution in [1.82, 2.24) is 4.90 Å². The fourth-order valence-corrected chi connectivity index (χ4v) is 8.64. The summed E-state index contributed by atoms with van der Waals surface area (Å²) in [6.45, 7) is 6.33. The maximum Gasteiger partial charge on any atom is 0.330 e. The lowest BCUT2D eigenvalue weighted by Gasteiger charge is -2.49. The molecule has 2 aliphatic heterocycles. The standard InChI is InChI=1S/C32H33NO8Si/c1-6-10-11-14-17-31(41-42(7-2,8-3)9-4)22-32(39-18-19-40-32)28(25(21-34)26(31)20-27(35)38-5)33-29(36)23-15-12-13-16-24(23)30(33)37/h1,10-13,15-16,20-21H,7-9,18-19,22H2,2-5H3/b11-10-,26-20+/t31-/m0/s1. The normalized spacial score (nSPS) is 22.4. The third kappa shape index (κ3) is 5.19. The fourth-order valence-electron chi connectivity index (χ4n) is 5.74. The Morgan fingerprint density at radius 2 is 1.67 bits per heavy atom. The summed E-state index contributed by atoms with van der Waals surface area (Å²) in [6.07, 6.45) is 9.69. The van der Waals surface area contributed by atoms with Gasteiger partial charge < -0.3 is 18.6 Å². The molecule has 1 aliphatic carbocycles. The number of benzene rings is 1. The molecule has 1 saturated heterocycles. The van der Waals surface area contributed by atoms with Crippen LogP contribution in [0.1, 0.15) is 47.9 Å². The van der Waals surface area contributed by atoms with E-state index in [1.807, 2.05) is 20.8 Å². The topological polar surface area (TPSA) is 108 Å². The molecule has 2 heterocycles. The zero-order valence-electron chi connectivity index (χ0n) is 24.2. The number of amides is 2. The number of hydrogen-bond donors (Lipinski definition) is 0. The SMILES string of the molecule is C#C/C=C\C#C[C@]1(O[Si](CC)(CC)CC)CC2(OCCO2)C(N2C(=O)c3ccccc3C2=O)=C(C=O)/C1=C\C(=O)OC. The van der Waals surface area contributed by atoms with Crippen LogP contribution in [0.4, 0.5) is 0 Å². The van der Waals surface area contributed by atoms with E-state index < -0.39 is 37.5 Å². The van der Waals surface area contributed by atoms with Crippen LogP contribution < -0.4 is 0 Å². The molecule has 2 amide bonds. The van der Waals surface area contributed by atoms with Gasteiger partial charge in [-0.3, -0.25) is 14.4 Å². The molecule has 1 aromatic carbocycles. The first-order valence-electron chi connectivity index (χ1n) is 13.8. The number of nitrogens with zero attached hydrogens (tertiary/aromatic N) is 1. The number of rotatable bonds is 8. The van der Waals surface area contributed by atoms with Gasteiger partial charge in [-0.25, -0.2) is 9.69 Å². The summed E-state index contributed by atoms with van der Waals surface area (Å²) in [5.74, 6) is 4.61. The average molecular weight is 588 g/mol. The maximum atomic E-state index is 13.7. The summed E-state index contributed by atoms with van der Waals surface area (Å²) in [4.78, 5) is 54.3. The lowest BCUT2D eigenvalue weighted by molar-refractivity contribution is -0.165. The third-order valence-corrected chi connectivity index (χ3v) is 12.7. The van der Waals surface area contributed by atoms with Gasteiger partial charge in [0, 0.05) is 17.2 Å². The number of esters is 1. The number of methoxy groups -OCH3 is 1. The zero-order chi connectivity index (χ0) is 30.5. The van der Waals surface area contributed by atoms with Crippen molar-refractivity contribution in [2.45, 2.75) is 56.7 Å². The Morgan fingerprint density at radius 1 is 1.07 bits per heavy atom. The molecule has 218 valence electrons. The molecule has 10 heteroatoms. The number of ether oxygens (including phenoxy) is 3. The minimum Gasteiger partial charge on any atom is -0.466 e. The van der Waals surface area contributed by atoms with Crippen LogP contribution in [0.15, 0.2) is 59.3 Å². The van der Waals surface area contributed by atoms with E-state index in [2.05, 4.69) is 17.8 Å². The van der Waals surface area contributed by atoms with E-state index in [0.29, 0.717) is 6.29 Å². The Hall–Kier alpha value is -4.06. The number of allylic oxidation sites excluding steroid dienone is 2. The van der Waals surface area contributed by atoms with Gasteiger partial charge in [-0.2, -0.15) is 0 Å². The summed E-state index contributed by atoms with van der Waals surface area (Å²) in [5.41, 5.74) is -1.51. The minimum atomic E-state index is -2.55. The molecule has 1 spiro atoms. The molecule has 9 nitrogen and oxygen atoms in total. The predicted molar refractivity (Wildman–Crippen MR) is 156 cm³/mol. The van der Waals surface area contributed by atoms with Crippen molar-refractivity contribution in [1.29, 1.82) is 0 Å². The van der Waals surface area contributed by atoms with Crippen LogP contribution >= 0.6 is 0 Å². The second-order valence-electron chi connectivity index (χ2n) is 10.0. The fraction of sp³-hybridized carbons (Fsp3) is 0.375. The van der Waals surface area contributed by atoms with Crippen molar-refractivity contribution in [3.63, 3.8) is 0 Å². The Balaban J connectivity index is 2.10. The van der Waals surface area contributed by atoms with E-state index in [1.54, 1.807) is 12.1 Å². The minimum absolute atomic E-state index is 0.0504. The summed E-state index contributed by atoms with van der Waals surface area (Å²) >= 11 is 0. The lowest BCUT2D eigenvalue weighted by Crippen LogP contribution is -2.58. The van der Waals surface area contributed by atoms with E-state index in [-0.39, 0.29) is 47.6 Å². The number of terminal acetylenes is 1. The molecule has 1 atom stereocenters. The van der Waals surface area contributed by atoms with Crippen LogP contribution in [-0.2, 0) is 28.2 Å². The highest BCUT2D eigenvalue weighted by Gasteiger charge is 2.61. The molecule has 0 saturated carbocycles. The Morgan fingerprint density at radius 3 is 2.17 bits per heavy atom. The molecule has 0 bridgehead atoms. The predicted octanol–water partition coefficient (Wildman–Crippen LogP) is 3.94. The summed E-state index contributed by atoms with van der Waals surface area (Å²) in [5, 5.41) is 0. The number of carbonyl (C=O) groups is 4. The Labute approximate surface area is 246 Å². The molecule has 0 N–H and O–H groups in total. The van der Waals surface area contributed by atoms with Gasteiger partial charge in [-0.1, -0.05) is 50.7 Å². The smallest absolute Gasteiger partial charge is 0.330 e. The average Bonchev–Trinajstić information content (AvgIpc) is 3.57. The number of aldehydes is 1. The third-order valence-electron chi connectivity index (χ3n) is 8.04.